The minimum atomic E-state index is -0.0714. The Bertz CT molecular complexity index is 259. The van der Waals surface area contributed by atoms with Gasteiger partial charge >= 0.3 is 0 Å². The van der Waals surface area contributed by atoms with Gasteiger partial charge in [-0.05, 0) is 6.92 Å². The van der Waals surface area contributed by atoms with Gasteiger partial charge < -0.3 is 9.67 Å². The molecule has 6 nitrogen and oxygen atoms in total. The van der Waals surface area contributed by atoms with Gasteiger partial charge in [-0.3, -0.25) is 10.4 Å². The molecule has 1 aromatic heterocycles. The molecule has 1 aromatic rings. The maximum absolute atomic E-state index is 8.69. The number of nitrogens with zero attached hydrogens (tertiary/aromatic N) is 3. The number of aliphatic hydroxyl groups is 1. The number of rotatable bonds is 3. The predicted octanol–water partition coefficient (Wildman–Crippen LogP) is -0.231. The van der Waals surface area contributed by atoms with Crippen LogP contribution in [0.4, 0.5) is 5.82 Å². The second-order valence-corrected chi connectivity index (χ2v) is 2.33. The fourth-order valence-corrected chi connectivity index (χ4v) is 0.992. The van der Waals surface area contributed by atoms with Crippen LogP contribution in [0.1, 0.15) is 5.82 Å². The summed E-state index contributed by atoms with van der Waals surface area (Å²) in [5.41, 5.74) is 0. The number of hydrogen-bond acceptors (Lipinski definition) is 5. The highest BCUT2D eigenvalue weighted by molar-refractivity contribution is 5.31. The Morgan fingerprint density at radius 1 is 1.58 bits per heavy atom. The lowest BCUT2D eigenvalue weighted by Gasteiger charge is -2.11. The van der Waals surface area contributed by atoms with Gasteiger partial charge in [0.1, 0.15) is 5.82 Å². The molecule has 0 spiro atoms. The SMILES string of the molecule is Cc1ncc(N(O)O)n1CCO. The summed E-state index contributed by atoms with van der Waals surface area (Å²) < 4.78 is 1.49. The molecule has 0 amide bonds. The van der Waals surface area contributed by atoms with Gasteiger partial charge in [-0.2, -0.15) is 0 Å². The number of imidazole rings is 1. The van der Waals surface area contributed by atoms with Crippen LogP contribution in [0.25, 0.3) is 0 Å². The van der Waals surface area contributed by atoms with Gasteiger partial charge in [-0.1, -0.05) is 0 Å². The molecule has 0 unspecified atom stereocenters. The fourth-order valence-electron chi connectivity index (χ4n) is 0.992. The Morgan fingerprint density at radius 2 is 2.25 bits per heavy atom. The van der Waals surface area contributed by atoms with Crippen molar-refractivity contribution in [3.63, 3.8) is 0 Å². The molecule has 0 aromatic carbocycles. The Hall–Kier alpha value is -1.11. The molecule has 0 aliphatic heterocycles. The summed E-state index contributed by atoms with van der Waals surface area (Å²) >= 11 is 0. The van der Waals surface area contributed by atoms with E-state index in [4.69, 9.17) is 15.5 Å². The molecule has 6 heteroatoms. The quantitative estimate of drug-likeness (QED) is 0.550. The topological polar surface area (TPSA) is 81.8 Å². The number of aliphatic hydroxyl groups excluding tert-OH is 1. The average Bonchev–Trinajstić information content (AvgIpc) is 2.34. The third-order valence-electron chi connectivity index (χ3n) is 1.56. The normalized spacial score (nSPS) is 10.3. The summed E-state index contributed by atoms with van der Waals surface area (Å²) in [6.07, 6.45) is 1.31. The summed E-state index contributed by atoms with van der Waals surface area (Å²) in [5, 5.41) is 26.0. The fraction of sp³-hybridized carbons (Fsp3) is 0.500. The van der Waals surface area contributed by atoms with E-state index in [1.165, 1.54) is 10.8 Å². The maximum Gasteiger partial charge on any atom is 0.183 e. The zero-order valence-corrected chi connectivity index (χ0v) is 6.67. The van der Waals surface area contributed by atoms with Crippen LogP contribution in [0.3, 0.4) is 0 Å². The maximum atomic E-state index is 8.69. The first kappa shape index (κ1) is 8.98. The highest BCUT2D eigenvalue weighted by atomic mass is 16.8. The van der Waals surface area contributed by atoms with E-state index < -0.39 is 0 Å². The van der Waals surface area contributed by atoms with E-state index in [0.717, 1.165) is 0 Å². The van der Waals surface area contributed by atoms with Crippen LogP contribution in [0.15, 0.2) is 6.20 Å². The number of hydrogen-bond donors (Lipinski definition) is 3. The van der Waals surface area contributed by atoms with Crippen LogP contribution < -0.4 is 5.23 Å². The number of aryl methyl sites for hydroxylation is 1. The van der Waals surface area contributed by atoms with Gasteiger partial charge in [0.25, 0.3) is 0 Å². The Kier molecular flexibility index (Phi) is 2.64. The molecule has 0 fully saturated rings. The van der Waals surface area contributed by atoms with Crippen molar-refractivity contribution in [3.05, 3.63) is 12.0 Å². The molecule has 0 saturated heterocycles. The molecule has 0 radical (unpaired) electrons. The Labute approximate surface area is 69.2 Å². The van der Waals surface area contributed by atoms with Crippen LogP contribution in [0.5, 0.6) is 0 Å². The minimum Gasteiger partial charge on any atom is -0.395 e. The van der Waals surface area contributed by atoms with Crippen molar-refractivity contribution in [2.24, 2.45) is 0 Å². The summed E-state index contributed by atoms with van der Waals surface area (Å²) in [4.78, 5) is 3.85. The highest BCUT2D eigenvalue weighted by Crippen LogP contribution is 2.12. The zero-order chi connectivity index (χ0) is 9.14. The van der Waals surface area contributed by atoms with E-state index in [0.29, 0.717) is 12.4 Å². The zero-order valence-electron chi connectivity index (χ0n) is 6.67. The van der Waals surface area contributed by atoms with Crippen molar-refractivity contribution in [2.75, 3.05) is 11.8 Å². The Morgan fingerprint density at radius 3 is 2.75 bits per heavy atom. The first-order chi connectivity index (χ1) is 5.66. The molecule has 0 aliphatic carbocycles. The van der Waals surface area contributed by atoms with Gasteiger partial charge in [-0.15, -0.1) is 5.23 Å². The second-order valence-electron chi connectivity index (χ2n) is 2.33. The van der Waals surface area contributed by atoms with Crippen molar-refractivity contribution < 1.29 is 15.5 Å². The minimum absolute atomic E-state index is 0.0182. The molecule has 68 valence electrons. The largest absolute Gasteiger partial charge is 0.395 e. The van der Waals surface area contributed by atoms with Crippen LogP contribution >= 0.6 is 0 Å². The van der Waals surface area contributed by atoms with E-state index in [-0.39, 0.29) is 17.7 Å². The van der Waals surface area contributed by atoms with Gasteiger partial charge in [-0.25, -0.2) is 4.98 Å². The van der Waals surface area contributed by atoms with E-state index in [1.807, 2.05) is 0 Å². The van der Waals surface area contributed by atoms with Crippen LogP contribution in [0.2, 0.25) is 0 Å². The first-order valence-corrected chi connectivity index (χ1v) is 3.47. The van der Waals surface area contributed by atoms with Crippen molar-refractivity contribution in [1.29, 1.82) is 0 Å². The van der Waals surface area contributed by atoms with Crippen molar-refractivity contribution in [2.45, 2.75) is 13.5 Å². The van der Waals surface area contributed by atoms with Gasteiger partial charge in [0.15, 0.2) is 5.82 Å². The molecule has 12 heavy (non-hydrogen) atoms. The van der Waals surface area contributed by atoms with Gasteiger partial charge in [0, 0.05) is 6.54 Å². The van der Waals surface area contributed by atoms with E-state index in [2.05, 4.69) is 4.98 Å². The third-order valence-corrected chi connectivity index (χ3v) is 1.56. The number of aromatic nitrogens is 2. The molecule has 0 bridgehead atoms. The van der Waals surface area contributed by atoms with E-state index in [9.17, 15) is 0 Å². The summed E-state index contributed by atoms with van der Waals surface area (Å²) in [6.45, 7) is 1.93. The van der Waals surface area contributed by atoms with Crippen molar-refractivity contribution >= 4 is 5.82 Å². The Balaban J connectivity index is 2.95. The molecule has 1 rings (SSSR count). The standard InChI is InChI=1S/C6H11N3O3/c1-5-7-4-6(9(11)12)8(5)2-3-10/h4,10-12H,2-3H2,1H3. The smallest absolute Gasteiger partial charge is 0.183 e. The lowest BCUT2D eigenvalue weighted by molar-refractivity contribution is 0.0244. The van der Waals surface area contributed by atoms with Crippen molar-refractivity contribution in [1.82, 2.24) is 9.55 Å². The van der Waals surface area contributed by atoms with Crippen LogP contribution in [-0.4, -0.2) is 31.7 Å². The second kappa shape index (κ2) is 3.53. The average molecular weight is 173 g/mol. The predicted molar refractivity (Wildman–Crippen MR) is 40.1 cm³/mol. The third kappa shape index (κ3) is 1.55. The highest BCUT2D eigenvalue weighted by Gasteiger charge is 2.09. The van der Waals surface area contributed by atoms with Crippen LogP contribution in [-0.2, 0) is 6.54 Å². The lowest BCUT2D eigenvalue weighted by atomic mass is 10.6. The van der Waals surface area contributed by atoms with Crippen LogP contribution in [0, 0.1) is 6.92 Å². The summed E-state index contributed by atoms with van der Waals surface area (Å²) in [5.74, 6) is 0.758. The molecular formula is C6H11N3O3. The summed E-state index contributed by atoms with van der Waals surface area (Å²) in [7, 11) is 0. The molecule has 0 saturated carbocycles. The molecule has 1 heterocycles. The monoisotopic (exact) mass is 173 g/mol. The molecule has 0 atom stereocenters. The molecule has 0 aliphatic rings. The summed E-state index contributed by atoms with van der Waals surface area (Å²) in [6, 6.07) is 0. The molecular weight excluding hydrogens is 162 g/mol. The lowest BCUT2D eigenvalue weighted by Crippen LogP contribution is -2.17. The van der Waals surface area contributed by atoms with E-state index >= 15 is 0 Å². The van der Waals surface area contributed by atoms with E-state index in [1.54, 1.807) is 6.92 Å². The van der Waals surface area contributed by atoms with Gasteiger partial charge in [0.2, 0.25) is 0 Å². The van der Waals surface area contributed by atoms with Crippen molar-refractivity contribution in [3.8, 4) is 0 Å². The molecule has 3 N–H and O–H groups in total. The number of anilines is 1. The first-order valence-electron chi connectivity index (χ1n) is 3.47. The van der Waals surface area contributed by atoms with Gasteiger partial charge in [0.05, 0.1) is 12.8 Å².